The van der Waals surface area contributed by atoms with Crippen molar-refractivity contribution in [3.8, 4) is 33.4 Å². The summed E-state index contributed by atoms with van der Waals surface area (Å²) in [7, 11) is 0. The van der Waals surface area contributed by atoms with Crippen LogP contribution in [0.1, 0.15) is 35.1 Å². The number of fused-ring (bicyclic) bond motifs is 6. The second kappa shape index (κ2) is 15.2. The second-order valence-corrected chi connectivity index (χ2v) is 16.8. The summed E-state index contributed by atoms with van der Waals surface area (Å²) in [6.07, 6.45) is 8.83. The number of allylic oxidation sites excluding steroid dienone is 4. The molecule has 0 saturated heterocycles. The van der Waals surface area contributed by atoms with Gasteiger partial charge in [-0.05, 0) is 129 Å². The molecule has 0 spiro atoms. The van der Waals surface area contributed by atoms with E-state index in [9.17, 15) is 0 Å². The summed E-state index contributed by atoms with van der Waals surface area (Å²) in [6, 6.07) is 82.8. The Morgan fingerprint density at radius 1 is 0.397 bits per heavy atom. The van der Waals surface area contributed by atoms with Crippen LogP contribution in [0.25, 0.3) is 60.9 Å². The number of aromatic nitrogens is 1. The summed E-state index contributed by atoms with van der Waals surface area (Å²) in [5.74, 6) is 0. The lowest BCUT2D eigenvalue weighted by molar-refractivity contribution is 0.768. The Morgan fingerprint density at radius 3 is 1.62 bits per heavy atom. The minimum absolute atomic E-state index is 0.497. The first-order valence-corrected chi connectivity index (χ1v) is 22.1. The van der Waals surface area contributed by atoms with Gasteiger partial charge in [0.15, 0.2) is 0 Å². The molecule has 0 unspecified atom stereocenters. The zero-order valence-electron chi connectivity index (χ0n) is 34.9. The maximum absolute atomic E-state index is 2.46. The smallest absolute Gasteiger partial charge is 0.0714 e. The molecule has 2 aliphatic carbocycles. The van der Waals surface area contributed by atoms with E-state index in [-0.39, 0.29) is 0 Å². The van der Waals surface area contributed by atoms with Gasteiger partial charge in [0.05, 0.1) is 16.4 Å². The molecule has 10 aromatic rings. The third kappa shape index (κ3) is 6.02. The Labute approximate surface area is 369 Å². The molecule has 2 nitrogen and oxygen atoms in total. The first-order chi connectivity index (χ1) is 31.3. The van der Waals surface area contributed by atoms with Crippen LogP contribution < -0.4 is 4.90 Å². The molecule has 298 valence electrons. The molecule has 0 bridgehead atoms. The number of anilines is 3. The lowest BCUT2D eigenvalue weighted by atomic mass is 9.67. The summed E-state index contributed by atoms with van der Waals surface area (Å²) in [6.45, 7) is 0. The van der Waals surface area contributed by atoms with Crippen LogP contribution in [0, 0.1) is 0 Å². The Morgan fingerprint density at radius 2 is 0.937 bits per heavy atom. The van der Waals surface area contributed by atoms with E-state index in [0.717, 1.165) is 29.9 Å². The largest absolute Gasteiger partial charge is 0.313 e. The highest BCUT2D eigenvalue weighted by atomic mass is 15.1. The summed E-state index contributed by atoms with van der Waals surface area (Å²) in [5, 5.41) is 2.56. The zero-order valence-corrected chi connectivity index (χ0v) is 34.9. The van der Waals surface area contributed by atoms with Crippen molar-refractivity contribution < 1.29 is 0 Å². The minimum Gasteiger partial charge on any atom is -0.313 e. The molecule has 12 rings (SSSR count). The molecule has 0 amide bonds. The van der Waals surface area contributed by atoms with Crippen LogP contribution in [0.15, 0.2) is 243 Å². The first kappa shape index (κ1) is 36.9. The van der Waals surface area contributed by atoms with E-state index in [4.69, 9.17) is 0 Å². The van der Waals surface area contributed by atoms with Crippen LogP contribution in [0.2, 0.25) is 0 Å². The zero-order chi connectivity index (χ0) is 41.7. The number of para-hydroxylation sites is 1. The molecular formula is C61H44N2. The third-order valence-electron chi connectivity index (χ3n) is 13.3. The van der Waals surface area contributed by atoms with Gasteiger partial charge in [0, 0.05) is 33.5 Å². The molecule has 2 aliphatic rings. The number of hydrogen-bond donors (Lipinski definition) is 0. The van der Waals surface area contributed by atoms with Crippen LogP contribution >= 0.6 is 0 Å². The van der Waals surface area contributed by atoms with Crippen molar-refractivity contribution in [2.24, 2.45) is 0 Å². The number of rotatable bonds is 8. The molecule has 1 aromatic heterocycles. The van der Waals surface area contributed by atoms with E-state index in [1.807, 2.05) is 0 Å². The average Bonchev–Trinajstić information content (AvgIpc) is 3.86. The fourth-order valence-electron chi connectivity index (χ4n) is 10.5. The molecule has 1 heterocycles. The van der Waals surface area contributed by atoms with Crippen molar-refractivity contribution in [2.75, 3.05) is 4.90 Å². The van der Waals surface area contributed by atoms with Gasteiger partial charge in [0.2, 0.25) is 0 Å². The van der Waals surface area contributed by atoms with Gasteiger partial charge in [0.25, 0.3) is 0 Å². The van der Waals surface area contributed by atoms with Gasteiger partial charge in [-0.1, -0.05) is 182 Å². The normalized spacial score (nSPS) is 13.7. The summed E-state index contributed by atoms with van der Waals surface area (Å²) in [4.78, 5) is 2.42. The van der Waals surface area contributed by atoms with Crippen LogP contribution in [0.3, 0.4) is 0 Å². The van der Waals surface area contributed by atoms with Gasteiger partial charge in [0.1, 0.15) is 0 Å². The highest BCUT2D eigenvalue weighted by molar-refractivity contribution is 6.11. The van der Waals surface area contributed by atoms with Crippen molar-refractivity contribution in [1.82, 2.24) is 4.57 Å². The summed E-state index contributed by atoms with van der Waals surface area (Å²) < 4.78 is 2.46. The van der Waals surface area contributed by atoms with E-state index in [0.29, 0.717) is 0 Å². The Kier molecular flexibility index (Phi) is 8.90. The van der Waals surface area contributed by atoms with E-state index in [1.165, 1.54) is 83.1 Å². The summed E-state index contributed by atoms with van der Waals surface area (Å²) >= 11 is 0. The maximum atomic E-state index is 2.46. The topological polar surface area (TPSA) is 8.17 Å². The Balaban J connectivity index is 1.01. The van der Waals surface area contributed by atoms with Crippen LogP contribution in [-0.4, -0.2) is 4.57 Å². The van der Waals surface area contributed by atoms with Gasteiger partial charge in [-0.25, -0.2) is 0 Å². The summed E-state index contributed by atoms with van der Waals surface area (Å²) in [5.41, 5.74) is 19.1. The first-order valence-electron chi connectivity index (χ1n) is 22.1. The van der Waals surface area contributed by atoms with E-state index in [1.54, 1.807) is 0 Å². The molecule has 9 aromatic carbocycles. The van der Waals surface area contributed by atoms with Gasteiger partial charge >= 0.3 is 0 Å². The molecule has 0 atom stereocenters. The molecule has 2 heteroatoms. The lowest BCUT2D eigenvalue weighted by Gasteiger charge is -2.35. The predicted molar refractivity (Wildman–Crippen MR) is 265 cm³/mol. The fourth-order valence-corrected chi connectivity index (χ4v) is 10.5. The maximum Gasteiger partial charge on any atom is 0.0714 e. The molecular weight excluding hydrogens is 761 g/mol. The van der Waals surface area contributed by atoms with Crippen LogP contribution in [-0.2, 0) is 5.41 Å². The van der Waals surface area contributed by atoms with Gasteiger partial charge in [-0.2, -0.15) is 0 Å². The molecule has 0 aliphatic heterocycles. The van der Waals surface area contributed by atoms with E-state index >= 15 is 0 Å². The van der Waals surface area contributed by atoms with E-state index < -0.39 is 5.41 Å². The number of benzene rings is 9. The van der Waals surface area contributed by atoms with Crippen molar-refractivity contribution in [3.05, 3.63) is 265 Å². The molecule has 0 radical (unpaired) electrons. The van der Waals surface area contributed by atoms with Gasteiger partial charge in [-0.3, -0.25) is 0 Å². The molecule has 0 N–H and O–H groups in total. The molecule has 0 fully saturated rings. The Hall–Kier alpha value is -7.94. The Bertz CT molecular complexity index is 3320. The minimum atomic E-state index is -0.497. The third-order valence-corrected chi connectivity index (χ3v) is 13.3. The molecule has 0 saturated carbocycles. The predicted octanol–water partition coefficient (Wildman–Crippen LogP) is 16.2. The van der Waals surface area contributed by atoms with Crippen LogP contribution in [0.5, 0.6) is 0 Å². The number of nitrogens with zero attached hydrogens (tertiary/aromatic N) is 2. The monoisotopic (exact) mass is 804 g/mol. The van der Waals surface area contributed by atoms with E-state index in [2.05, 4.69) is 252 Å². The highest BCUT2D eigenvalue weighted by Gasteiger charge is 2.46. The van der Waals surface area contributed by atoms with Crippen molar-refractivity contribution in [3.63, 3.8) is 0 Å². The van der Waals surface area contributed by atoms with Crippen molar-refractivity contribution >= 4 is 44.6 Å². The van der Waals surface area contributed by atoms with Crippen molar-refractivity contribution in [2.45, 2.75) is 18.3 Å². The SMILES string of the molecule is C1=CCCC(n2c3ccccc3c3cc(-c4ccc(N(c5ccc(-c6ccccc6)cc5)c5ccc6c(c5)C(c5ccccc5)(c5ccccc5)c5ccccc5-6)cc4)ccc32)=C1. The fraction of sp³-hybridized carbons (Fsp3) is 0.0492. The van der Waals surface area contributed by atoms with Crippen molar-refractivity contribution in [1.29, 1.82) is 0 Å². The molecule has 63 heavy (non-hydrogen) atoms. The standard InChI is InChI=1S/C61H44N2/c1-5-17-43(18-6-1)44-29-34-50(35-30-44)62(51-36-31-45(32-37-51)46-33-40-60-56(41-46)55-26-14-16-28-59(55)63(60)49-23-11-4-12-24-49)52-38-39-54-53-25-13-15-27-57(53)61(58(54)42-52,47-19-7-2-8-20-47)48-21-9-3-10-22-48/h1-11,13-23,25-42H,12,24H2. The quantitative estimate of drug-likeness (QED) is 0.149. The van der Waals surface area contributed by atoms with Gasteiger partial charge < -0.3 is 9.47 Å². The van der Waals surface area contributed by atoms with Gasteiger partial charge in [-0.15, -0.1) is 0 Å². The average molecular weight is 805 g/mol. The lowest BCUT2D eigenvalue weighted by Crippen LogP contribution is -2.28. The van der Waals surface area contributed by atoms with Crippen LogP contribution in [0.4, 0.5) is 17.1 Å². The second-order valence-electron chi connectivity index (χ2n) is 16.8. The highest BCUT2D eigenvalue weighted by Crippen LogP contribution is 2.57. The number of hydrogen-bond acceptors (Lipinski definition) is 1.